The Hall–Kier alpha value is -2.10. The van der Waals surface area contributed by atoms with Crippen molar-refractivity contribution in [1.82, 2.24) is 4.90 Å². The van der Waals surface area contributed by atoms with Crippen LogP contribution in [0, 0.1) is 0 Å². The fourth-order valence-corrected chi connectivity index (χ4v) is 4.76. The smallest absolute Gasteiger partial charge is 0.294 e. The molecule has 28 heavy (non-hydrogen) atoms. The third kappa shape index (κ3) is 4.84. The molecule has 1 heterocycles. The molecule has 1 fully saturated rings. The van der Waals surface area contributed by atoms with Crippen molar-refractivity contribution in [2.24, 2.45) is 5.73 Å². The molecule has 0 unspecified atom stereocenters. The fraction of sp³-hybridized carbons (Fsp3) is 0.105. The second kappa shape index (κ2) is 8.93. The normalized spacial score (nSPS) is 15.4. The number of amides is 3. The van der Waals surface area contributed by atoms with Crippen LogP contribution in [0.4, 0.5) is 4.79 Å². The van der Waals surface area contributed by atoms with Gasteiger partial charge < -0.3 is 10.5 Å². The van der Waals surface area contributed by atoms with E-state index in [-0.39, 0.29) is 4.91 Å². The van der Waals surface area contributed by atoms with Crippen molar-refractivity contribution >= 4 is 66.8 Å². The first-order valence-electron chi connectivity index (χ1n) is 8.04. The van der Waals surface area contributed by atoms with Gasteiger partial charge in [0.15, 0.2) is 0 Å². The molecule has 3 amide bonds. The van der Waals surface area contributed by atoms with E-state index in [0.717, 1.165) is 22.2 Å². The Morgan fingerprint density at radius 3 is 2.39 bits per heavy atom. The van der Waals surface area contributed by atoms with E-state index >= 15 is 0 Å². The first-order valence-corrected chi connectivity index (χ1v) is 10.4. The average Bonchev–Trinajstić information content (AvgIpc) is 2.89. The van der Waals surface area contributed by atoms with Gasteiger partial charge in [0, 0.05) is 0 Å². The van der Waals surface area contributed by atoms with Crippen LogP contribution in [0.2, 0.25) is 0 Å². The minimum absolute atomic E-state index is 0.225. The number of rotatable bonds is 6. The zero-order valence-electron chi connectivity index (χ0n) is 14.4. The Morgan fingerprint density at radius 1 is 1.14 bits per heavy atom. The first kappa shape index (κ1) is 20.6. The number of nitrogens with two attached hydrogens (primary N) is 1. The predicted octanol–water partition coefficient (Wildman–Crippen LogP) is 4.31. The van der Waals surface area contributed by atoms with Gasteiger partial charge in [-0.1, -0.05) is 30.3 Å². The van der Waals surface area contributed by atoms with Crippen LogP contribution in [0.25, 0.3) is 6.08 Å². The van der Waals surface area contributed by atoms with Crippen LogP contribution >= 0.6 is 43.6 Å². The number of primary amides is 1. The molecule has 9 heteroatoms. The van der Waals surface area contributed by atoms with Gasteiger partial charge in [-0.2, -0.15) is 0 Å². The largest absolute Gasteiger partial charge is 0.487 e. The summed E-state index contributed by atoms with van der Waals surface area (Å²) in [7, 11) is 0. The summed E-state index contributed by atoms with van der Waals surface area (Å²) < 4.78 is 7.27. The van der Waals surface area contributed by atoms with E-state index in [1.807, 2.05) is 30.3 Å². The van der Waals surface area contributed by atoms with E-state index in [1.165, 1.54) is 0 Å². The highest BCUT2D eigenvalue weighted by Gasteiger charge is 2.35. The second-order valence-electron chi connectivity index (χ2n) is 5.82. The standard InChI is InChI=1S/C19H14Br2N2O4S/c20-13-6-12(8-15-18(25)23(9-16(22)24)19(26)28-15)7-14(21)17(13)27-10-11-4-2-1-3-5-11/h1-8H,9-10H2,(H2,22,24)/b15-8-. The van der Waals surface area contributed by atoms with Gasteiger partial charge in [0.1, 0.15) is 18.9 Å². The number of benzene rings is 2. The summed E-state index contributed by atoms with van der Waals surface area (Å²) in [6, 6.07) is 13.3. The molecule has 2 N–H and O–H groups in total. The molecule has 2 aromatic rings. The van der Waals surface area contributed by atoms with Crippen LogP contribution in [-0.2, 0) is 16.2 Å². The molecular formula is C19H14Br2N2O4S. The minimum Gasteiger partial charge on any atom is -0.487 e. The second-order valence-corrected chi connectivity index (χ2v) is 8.52. The first-order chi connectivity index (χ1) is 13.3. The van der Waals surface area contributed by atoms with Gasteiger partial charge in [0.2, 0.25) is 5.91 Å². The van der Waals surface area contributed by atoms with Gasteiger partial charge in [-0.05, 0) is 73.0 Å². The van der Waals surface area contributed by atoms with Crippen LogP contribution in [-0.4, -0.2) is 28.5 Å². The molecule has 3 rings (SSSR count). The quantitative estimate of drug-likeness (QED) is 0.567. The molecule has 6 nitrogen and oxygen atoms in total. The summed E-state index contributed by atoms with van der Waals surface area (Å²) in [4.78, 5) is 36.3. The van der Waals surface area contributed by atoms with Crippen LogP contribution < -0.4 is 10.5 Å². The monoisotopic (exact) mass is 524 g/mol. The molecular weight excluding hydrogens is 512 g/mol. The van der Waals surface area contributed by atoms with Crippen molar-refractivity contribution in [1.29, 1.82) is 0 Å². The molecule has 1 saturated heterocycles. The predicted molar refractivity (Wildman–Crippen MR) is 114 cm³/mol. The highest BCUT2D eigenvalue weighted by molar-refractivity contribution is 9.11. The SMILES string of the molecule is NC(=O)CN1C(=O)S/C(=C\c2cc(Br)c(OCc3ccccc3)c(Br)c2)C1=O. The number of nitrogens with zero attached hydrogens (tertiary/aromatic N) is 1. The van der Waals surface area contributed by atoms with E-state index < -0.39 is 23.6 Å². The Bertz CT molecular complexity index is 956. The molecule has 2 aromatic carbocycles. The van der Waals surface area contributed by atoms with Crippen molar-refractivity contribution in [3.63, 3.8) is 0 Å². The highest BCUT2D eigenvalue weighted by Crippen LogP contribution is 2.38. The molecule has 1 aliphatic heterocycles. The van der Waals surface area contributed by atoms with Crippen molar-refractivity contribution in [3.8, 4) is 5.75 Å². The van der Waals surface area contributed by atoms with Crippen molar-refractivity contribution < 1.29 is 19.1 Å². The number of hydrogen-bond acceptors (Lipinski definition) is 5. The minimum atomic E-state index is -0.742. The Kier molecular flexibility index (Phi) is 6.58. The lowest BCUT2D eigenvalue weighted by Crippen LogP contribution is -2.36. The molecule has 1 aliphatic rings. The number of ether oxygens (including phenoxy) is 1. The van der Waals surface area contributed by atoms with Crippen LogP contribution in [0.15, 0.2) is 56.3 Å². The maximum absolute atomic E-state index is 12.3. The number of thioether (sulfide) groups is 1. The zero-order chi connectivity index (χ0) is 20.3. The third-order valence-corrected chi connectivity index (χ3v) is 5.82. The van der Waals surface area contributed by atoms with Gasteiger partial charge in [0.25, 0.3) is 11.1 Å². The summed E-state index contributed by atoms with van der Waals surface area (Å²) >= 11 is 7.73. The molecule has 144 valence electrons. The van der Waals surface area contributed by atoms with Gasteiger partial charge in [-0.25, -0.2) is 0 Å². The molecule has 0 saturated carbocycles. The highest BCUT2D eigenvalue weighted by atomic mass is 79.9. The fourth-order valence-electron chi connectivity index (χ4n) is 2.47. The van der Waals surface area contributed by atoms with Crippen LogP contribution in [0.1, 0.15) is 11.1 Å². The topological polar surface area (TPSA) is 89.7 Å². The molecule has 0 spiro atoms. The Balaban J connectivity index is 1.79. The Morgan fingerprint density at radius 2 is 1.79 bits per heavy atom. The van der Waals surface area contributed by atoms with Gasteiger partial charge in [-0.3, -0.25) is 19.3 Å². The van der Waals surface area contributed by atoms with E-state index in [9.17, 15) is 14.4 Å². The Labute approximate surface area is 182 Å². The van der Waals surface area contributed by atoms with Crippen LogP contribution in [0.3, 0.4) is 0 Å². The van der Waals surface area contributed by atoms with Gasteiger partial charge in [0.05, 0.1) is 13.9 Å². The maximum atomic E-state index is 12.3. The number of carbonyl (C=O) groups excluding carboxylic acids is 3. The summed E-state index contributed by atoms with van der Waals surface area (Å²) in [6.45, 7) is -0.0228. The average molecular weight is 526 g/mol. The van der Waals surface area contributed by atoms with Gasteiger partial charge in [-0.15, -0.1) is 0 Å². The van der Waals surface area contributed by atoms with Crippen molar-refractivity contribution in [2.75, 3.05) is 6.54 Å². The molecule has 0 atom stereocenters. The lowest BCUT2D eigenvalue weighted by Gasteiger charge is -2.12. The summed E-state index contributed by atoms with van der Waals surface area (Å²) in [5.74, 6) is -0.651. The van der Waals surface area contributed by atoms with E-state index in [0.29, 0.717) is 26.9 Å². The lowest BCUT2D eigenvalue weighted by molar-refractivity contribution is -0.127. The van der Waals surface area contributed by atoms with E-state index in [1.54, 1.807) is 18.2 Å². The number of carbonyl (C=O) groups is 3. The van der Waals surface area contributed by atoms with Crippen molar-refractivity contribution in [3.05, 3.63) is 67.4 Å². The number of imide groups is 1. The van der Waals surface area contributed by atoms with E-state index in [4.69, 9.17) is 10.5 Å². The lowest BCUT2D eigenvalue weighted by atomic mass is 10.2. The molecule has 0 aromatic heterocycles. The van der Waals surface area contributed by atoms with Crippen LogP contribution in [0.5, 0.6) is 5.75 Å². The molecule has 0 radical (unpaired) electrons. The van der Waals surface area contributed by atoms with E-state index in [2.05, 4.69) is 31.9 Å². The summed E-state index contributed by atoms with van der Waals surface area (Å²) in [5.41, 5.74) is 6.81. The number of halogens is 2. The zero-order valence-corrected chi connectivity index (χ0v) is 18.3. The summed E-state index contributed by atoms with van der Waals surface area (Å²) in [6.07, 6.45) is 1.59. The number of hydrogen-bond donors (Lipinski definition) is 1. The third-order valence-electron chi connectivity index (χ3n) is 3.73. The maximum Gasteiger partial charge on any atom is 0.294 e. The molecule has 0 bridgehead atoms. The molecule has 0 aliphatic carbocycles. The van der Waals surface area contributed by atoms with Gasteiger partial charge >= 0.3 is 0 Å². The van der Waals surface area contributed by atoms with Crippen molar-refractivity contribution in [2.45, 2.75) is 6.61 Å². The summed E-state index contributed by atoms with van der Waals surface area (Å²) in [5, 5.41) is -0.518.